The summed E-state index contributed by atoms with van der Waals surface area (Å²) in [6.07, 6.45) is 4.38. The van der Waals surface area contributed by atoms with E-state index in [0.717, 1.165) is 0 Å². The molecule has 0 saturated carbocycles. The number of amides is 2. The maximum Gasteiger partial charge on any atom is 0.341 e. The molecular weight excluding hydrogens is 287 g/mol. The average molecular weight is 305 g/mol. The highest BCUT2D eigenvalue weighted by molar-refractivity contribution is 7.72. The van der Waals surface area contributed by atoms with E-state index < -0.39 is 25.5 Å². The molecule has 0 aromatic heterocycles. The fourth-order valence-corrected chi connectivity index (χ4v) is 3.23. The van der Waals surface area contributed by atoms with Crippen molar-refractivity contribution in [1.29, 1.82) is 0 Å². The van der Waals surface area contributed by atoms with Gasteiger partial charge in [0.25, 0.3) is 0 Å². The number of phenols is 1. The lowest BCUT2D eigenvalue weighted by atomic mass is 9.87. The van der Waals surface area contributed by atoms with Crippen LogP contribution in [0.3, 0.4) is 0 Å². The number of aromatic hydroxyl groups is 1. The molecule has 1 aliphatic rings. The monoisotopic (exact) mass is 305 g/mol. The van der Waals surface area contributed by atoms with Crippen molar-refractivity contribution in [2.75, 3.05) is 6.66 Å². The summed E-state index contributed by atoms with van der Waals surface area (Å²) in [5.41, 5.74) is 1.27. The zero-order valence-electron chi connectivity index (χ0n) is 12.0. The smallest absolute Gasteiger partial charge is 0.341 e. The lowest BCUT2D eigenvalue weighted by molar-refractivity contribution is -0.113. The molecule has 0 bridgehead atoms. The largest absolute Gasteiger partial charge is 0.508 e. The van der Waals surface area contributed by atoms with Crippen LogP contribution in [0.15, 0.2) is 29.3 Å². The molecule has 0 spiro atoms. The van der Waals surface area contributed by atoms with Crippen LogP contribution in [-0.4, -0.2) is 35.3 Å². The molecule has 3 unspecified atom stereocenters. The van der Waals surface area contributed by atoms with Gasteiger partial charge in [0.15, 0.2) is 7.55 Å². The van der Waals surface area contributed by atoms with E-state index in [9.17, 15) is 14.7 Å². The van der Waals surface area contributed by atoms with Crippen molar-refractivity contribution in [1.82, 2.24) is 5.32 Å². The van der Waals surface area contributed by atoms with Gasteiger partial charge < -0.3 is 10.4 Å². The van der Waals surface area contributed by atoms with Crippen molar-refractivity contribution in [3.05, 3.63) is 29.8 Å². The third kappa shape index (κ3) is 3.19. The second kappa shape index (κ2) is 6.19. The van der Waals surface area contributed by atoms with E-state index in [4.69, 9.17) is 0 Å². The molecule has 6 heteroatoms. The van der Waals surface area contributed by atoms with Gasteiger partial charge in [0.1, 0.15) is 18.3 Å². The summed E-state index contributed by atoms with van der Waals surface area (Å²) < 4.78 is 0. The second-order valence-electron chi connectivity index (χ2n) is 4.99. The van der Waals surface area contributed by atoms with Gasteiger partial charge in [-0.2, -0.15) is 0 Å². The SMILES string of the molecule is C=[P+](C)C(=O)C1C(CC)=NC(=O)NC1c1cccc(O)c1. The van der Waals surface area contributed by atoms with Crippen molar-refractivity contribution in [3.8, 4) is 5.75 Å². The highest BCUT2D eigenvalue weighted by Gasteiger charge is 2.42. The van der Waals surface area contributed by atoms with E-state index in [2.05, 4.69) is 16.6 Å². The number of hydrogen-bond donors (Lipinski definition) is 2. The molecule has 2 rings (SSSR count). The van der Waals surface area contributed by atoms with Crippen LogP contribution in [0.25, 0.3) is 0 Å². The molecule has 110 valence electrons. The van der Waals surface area contributed by atoms with Crippen molar-refractivity contribution in [2.45, 2.75) is 19.4 Å². The molecular formula is C15H18N2O3P+. The first-order valence-electron chi connectivity index (χ1n) is 6.69. The van der Waals surface area contributed by atoms with Crippen LogP contribution in [0.5, 0.6) is 5.75 Å². The Kier molecular flexibility index (Phi) is 4.53. The van der Waals surface area contributed by atoms with Crippen molar-refractivity contribution in [2.24, 2.45) is 10.9 Å². The minimum atomic E-state index is -1.04. The van der Waals surface area contributed by atoms with Crippen LogP contribution in [-0.2, 0) is 4.79 Å². The third-order valence-corrected chi connectivity index (χ3v) is 4.48. The number of urea groups is 1. The highest BCUT2D eigenvalue weighted by atomic mass is 31.1. The minimum Gasteiger partial charge on any atom is -0.508 e. The first kappa shape index (κ1) is 15.4. The van der Waals surface area contributed by atoms with Crippen molar-refractivity contribution in [3.63, 3.8) is 0 Å². The third-order valence-electron chi connectivity index (χ3n) is 3.45. The summed E-state index contributed by atoms with van der Waals surface area (Å²) in [6, 6.07) is 5.63. The Labute approximate surface area is 124 Å². The maximum absolute atomic E-state index is 12.5. The molecule has 0 radical (unpaired) electrons. The van der Waals surface area contributed by atoms with Gasteiger partial charge >= 0.3 is 11.6 Å². The van der Waals surface area contributed by atoms with Gasteiger partial charge in [-0.15, -0.1) is 0 Å². The van der Waals surface area contributed by atoms with Gasteiger partial charge in [-0.1, -0.05) is 19.1 Å². The van der Waals surface area contributed by atoms with Crippen molar-refractivity contribution >= 4 is 31.1 Å². The molecule has 1 aromatic rings. The zero-order chi connectivity index (χ0) is 15.6. The van der Waals surface area contributed by atoms with E-state index in [1.807, 2.05) is 6.92 Å². The zero-order valence-corrected chi connectivity index (χ0v) is 12.9. The van der Waals surface area contributed by atoms with E-state index in [0.29, 0.717) is 17.7 Å². The van der Waals surface area contributed by atoms with Gasteiger partial charge in [-0.05, 0) is 24.1 Å². The number of nitrogens with zero attached hydrogens (tertiary/aromatic N) is 1. The van der Waals surface area contributed by atoms with Crippen LogP contribution in [0.4, 0.5) is 4.79 Å². The minimum absolute atomic E-state index is 0.000979. The van der Waals surface area contributed by atoms with E-state index in [1.54, 1.807) is 30.9 Å². The van der Waals surface area contributed by atoms with E-state index in [1.165, 1.54) is 0 Å². The predicted molar refractivity (Wildman–Crippen MR) is 85.6 cm³/mol. The number of carbonyl (C=O) groups is 2. The van der Waals surface area contributed by atoms with Crippen LogP contribution >= 0.6 is 7.55 Å². The fraction of sp³-hybridized carbons (Fsp3) is 0.333. The quantitative estimate of drug-likeness (QED) is 0.839. The predicted octanol–water partition coefficient (Wildman–Crippen LogP) is 2.69. The molecule has 21 heavy (non-hydrogen) atoms. The Bertz CT molecular complexity index is 640. The Morgan fingerprint density at radius 2 is 2.24 bits per heavy atom. The summed E-state index contributed by atoms with van der Waals surface area (Å²) in [5.74, 6) is -0.412. The molecule has 2 N–H and O–H groups in total. The van der Waals surface area contributed by atoms with Crippen LogP contribution in [0.2, 0.25) is 0 Å². The van der Waals surface area contributed by atoms with Crippen LogP contribution < -0.4 is 5.32 Å². The van der Waals surface area contributed by atoms with Gasteiger partial charge in [0, 0.05) is 5.71 Å². The summed E-state index contributed by atoms with van der Waals surface area (Å²) >= 11 is 0. The Balaban J connectivity index is 2.51. The van der Waals surface area contributed by atoms with Gasteiger partial charge in [-0.25, -0.2) is 14.6 Å². The standard InChI is InChI=1S/C15H17N2O3P/c1-4-11-12(14(19)21(2)3)13(17-15(20)16-11)9-6-5-7-10(18)8-9/h5-8,12-13H,2,4H2,1,3H3,(H-,17,18,20)/p+1. The van der Waals surface area contributed by atoms with Crippen LogP contribution in [0, 0.1) is 5.92 Å². The first-order valence-corrected chi connectivity index (χ1v) is 8.66. The summed E-state index contributed by atoms with van der Waals surface area (Å²) in [7, 11) is -1.04. The molecule has 2 amide bonds. The molecule has 0 aliphatic carbocycles. The van der Waals surface area contributed by atoms with E-state index in [-0.39, 0.29) is 11.3 Å². The Morgan fingerprint density at radius 1 is 1.52 bits per heavy atom. The highest BCUT2D eigenvalue weighted by Crippen LogP contribution is 2.35. The maximum atomic E-state index is 12.5. The molecule has 1 aromatic carbocycles. The van der Waals surface area contributed by atoms with Crippen molar-refractivity contribution < 1.29 is 14.7 Å². The second-order valence-corrected chi connectivity index (χ2v) is 6.83. The molecule has 1 heterocycles. The lowest BCUT2D eigenvalue weighted by Crippen LogP contribution is -2.43. The Morgan fingerprint density at radius 3 is 2.81 bits per heavy atom. The van der Waals surface area contributed by atoms with Gasteiger partial charge in [0.2, 0.25) is 0 Å². The molecule has 0 saturated heterocycles. The number of rotatable bonds is 4. The first-order chi connectivity index (χ1) is 9.93. The number of carbonyl (C=O) groups excluding carboxylic acids is 2. The molecule has 0 fully saturated rings. The summed E-state index contributed by atoms with van der Waals surface area (Å²) in [4.78, 5) is 28.2. The number of hydrogen-bond acceptors (Lipinski definition) is 3. The van der Waals surface area contributed by atoms with Gasteiger partial charge in [-0.3, -0.25) is 0 Å². The van der Waals surface area contributed by atoms with E-state index >= 15 is 0 Å². The fourth-order valence-electron chi connectivity index (χ4n) is 2.46. The summed E-state index contributed by atoms with van der Waals surface area (Å²) in [5, 5.41) is 12.4. The number of phenolic OH excluding ortho intramolecular Hbond substituents is 1. The number of nitrogens with one attached hydrogen (secondary N) is 1. The molecule has 3 atom stereocenters. The summed E-state index contributed by atoms with van der Waals surface area (Å²) in [6.45, 7) is 3.67. The number of aliphatic imine (C=N–C) groups is 1. The van der Waals surface area contributed by atoms with Crippen LogP contribution in [0.1, 0.15) is 24.9 Å². The molecule has 1 aliphatic heterocycles. The lowest BCUT2D eigenvalue weighted by Gasteiger charge is -2.29. The van der Waals surface area contributed by atoms with Gasteiger partial charge in [0.05, 0.1) is 12.3 Å². The number of benzene rings is 1. The normalized spacial score (nSPS) is 22.3. The molecule has 5 nitrogen and oxygen atoms in total. The average Bonchev–Trinajstić information content (AvgIpc) is 2.45. The Hall–Kier alpha value is -2.00. The topological polar surface area (TPSA) is 78.8 Å².